The van der Waals surface area contributed by atoms with Crippen LogP contribution in [-0.2, 0) is 6.54 Å². The first-order valence-corrected chi connectivity index (χ1v) is 10.3. The standard InChI is InChI=1S/C22H12BrClF2N4O/c23-19-18(31-29-21(19)12-4-6-13(24)7-5-12)11-30-9-8-16-17(10-30)28-22(27-16)14-2-1-3-15(25)20(14)26/h1-10H,11H2. The lowest BCUT2D eigenvalue weighted by molar-refractivity contribution is 0.377. The second-order valence-electron chi connectivity index (χ2n) is 6.81. The summed E-state index contributed by atoms with van der Waals surface area (Å²) < 4.78 is 35.7. The molecule has 3 heterocycles. The van der Waals surface area contributed by atoms with Gasteiger partial charge in [0, 0.05) is 23.0 Å². The van der Waals surface area contributed by atoms with Crippen LogP contribution in [0.2, 0.25) is 5.02 Å². The normalized spacial score (nSPS) is 11.4. The fourth-order valence-corrected chi connectivity index (χ4v) is 3.84. The van der Waals surface area contributed by atoms with Crippen LogP contribution in [0.25, 0.3) is 34.0 Å². The van der Waals surface area contributed by atoms with Gasteiger partial charge in [-0.2, -0.15) is 0 Å². The fourth-order valence-electron chi connectivity index (χ4n) is 3.21. The van der Waals surface area contributed by atoms with Crippen molar-refractivity contribution in [1.82, 2.24) is 19.7 Å². The van der Waals surface area contributed by atoms with Gasteiger partial charge in [-0.1, -0.05) is 35.0 Å². The number of pyridine rings is 1. The predicted octanol–water partition coefficient (Wildman–Crippen LogP) is 6.45. The molecule has 154 valence electrons. The summed E-state index contributed by atoms with van der Waals surface area (Å²) in [5.74, 6) is -1.15. The van der Waals surface area contributed by atoms with E-state index in [0.717, 1.165) is 16.1 Å². The molecule has 0 atom stereocenters. The van der Waals surface area contributed by atoms with E-state index in [1.807, 2.05) is 16.7 Å². The minimum absolute atomic E-state index is 0.0216. The van der Waals surface area contributed by atoms with Crippen molar-refractivity contribution in [3.63, 3.8) is 0 Å². The molecular weight excluding hydrogens is 490 g/mol. The van der Waals surface area contributed by atoms with Crippen molar-refractivity contribution in [3.8, 4) is 34.0 Å². The van der Waals surface area contributed by atoms with Crippen molar-refractivity contribution in [2.24, 2.45) is 0 Å². The Kier molecular flexibility index (Phi) is 5.03. The van der Waals surface area contributed by atoms with Gasteiger partial charge in [0.2, 0.25) is 0 Å². The zero-order chi connectivity index (χ0) is 21.5. The third kappa shape index (κ3) is 3.73. The largest absolute Gasteiger partial charge is 0.358 e. The highest BCUT2D eigenvalue weighted by Crippen LogP contribution is 2.32. The Balaban J connectivity index is 1.45. The van der Waals surface area contributed by atoms with E-state index in [1.54, 1.807) is 30.6 Å². The van der Waals surface area contributed by atoms with E-state index in [-0.39, 0.29) is 11.4 Å². The van der Waals surface area contributed by atoms with Crippen LogP contribution in [0.5, 0.6) is 0 Å². The molecule has 0 amide bonds. The Morgan fingerprint density at radius 2 is 1.77 bits per heavy atom. The topological polar surface area (TPSA) is 56.7 Å². The summed E-state index contributed by atoms with van der Waals surface area (Å²) in [5.41, 5.74) is 2.69. The highest BCUT2D eigenvalue weighted by atomic mass is 79.9. The lowest BCUT2D eigenvalue weighted by atomic mass is 10.1. The van der Waals surface area contributed by atoms with E-state index in [0.29, 0.717) is 34.4 Å². The number of hydrogen-bond donors (Lipinski definition) is 0. The summed E-state index contributed by atoms with van der Waals surface area (Å²) in [4.78, 5) is 8.68. The van der Waals surface area contributed by atoms with Gasteiger partial charge in [0.25, 0.3) is 0 Å². The number of halogens is 4. The summed E-state index contributed by atoms with van der Waals surface area (Å²) in [6, 6.07) is 13.0. The Morgan fingerprint density at radius 1 is 1.00 bits per heavy atom. The number of nitrogens with zero attached hydrogens (tertiary/aromatic N) is 4. The van der Waals surface area contributed by atoms with Gasteiger partial charge in [-0.25, -0.2) is 18.7 Å². The molecule has 2 aliphatic rings. The van der Waals surface area contributed by atoms with Crippen LogP contribution < -0.4 is 0 Å². The average molecular weight is 502 g/mol. The summed E-state index contributed by atoms with van der Waals surface area (Å²) in [5, 5.41) is 4.79. The van der Waals surface area contributed by atoms with E-state index >= 15 is 0 Å². The summed E-state index contributed by atoms with van der Waals surface area (Å²) >= 11 is 9.50. The van der Waals surface area contributed by atoms with Crippen LogP contribution in [-0.4, -0.2) is 19.7 Å². The number of hydrogen-bond acceptors (Lipinski definition) is 4. The first-order chi connectivity index (χ1) is 15.0. The molecule has 0 radical (unpaired) electrons. The molecule has 3 aromatic rings. The van der Waals surface area contributed by atoms with Crippen LogP contribution in [0.3, 0.4) is 0 Å². The van der Waals surface area contributed by atoms with Gasteiger partial charge in [0.15, 0.2) is 23.2 Å². The van der Waals surface area contributed by atoms with Crippen LogP contribution in [0.1, 0.15) is 5.76 Å². The maximum Gasteiger partial charge on any atom is 0.171 e. The zero-order valence-electron chi connectivity index (χ0n) is 15.7. The predicted molar refractivity (Wildman–Crippen MR) is 116 cm³/mol. The van der Waals surface area contributed by atoms with Gasteiger partial charge >= 0.3 is 0 Å². The molecule has 0 unspecified atom stereocenters. The molecule has 0 spiro atoms. The Bertz CT molecular complexity index is 1370. The highest BCUT2D eigenvalue weighted by molar-refractivity contribution is 9.10. The first-order valence-electron chi connectivity index (χ1n) is 9.17. The van der Waals surface area contributed by atoms with Gasteiger partial charge in [0.1, 0.15) is 11.4 Å². The maximum absolute atomic E-state index is 14.1. The molecule has 0 N–H and O–H groups in total. The van der Waals surface area contributed by atoms with E-state index in [1.165, 1.54) is 12.1 Å². The van der Waals surface area contributed by atoms with Gasteiger partial charge in [-0.3, -0.25) is 0 Å². The van der Waals surface area contributed by atoms with Crippen molar-refractivity contribution in [2.45, 2.75) is 6.54 Å². The van der Waals surface area contributed by atoms with E-state index in [4.69, 9.17) is 16.1 Å². The molecule has 5 nitrogen and oxygen atoms in total. The highest BCUT2D eigenvalue weighted by Gasteiger charge is 2.19. The molecule has 0 saturated carbocycles. The molecule has 0 saturated heterocycles. The molecule has 2 aliphatic heterocycles. The molecule has 0 aliphatic carbocycles. The number of imidazole rings is 1. The molecule has 0 fully saturated rings. The fraction of sp³-hybridized carbons (Fsp3) is 0.0455. The molecular formula is C22H12BrClF2N4O. The molecule has 31 heavy (non-hydrogen) atoms. The molecule has 1 aromatic heterocycles. The Labute approximate surface area is 188 Å². The Morgan fingerprint density at radius 3 is 2.58 bits per heavy atom. The van der Waals surface area contributed by atoms with Crippen molar-refractivity contribution in [1.29, 1.82) is 0 Å². The monoisotopic (exact) mass is 500 g/mol. The second-order valence-corrected chi connectivity index (χ2v) is 8.04. The number of rotatable bonds is 4. The van der Waals surface area contributed by atoms with Crippen molar-refractivity contribution >= 4 is 27.5 Å². The molecule has 2 aromatic carbocycles. The average Bonchev–Trinajstić information content (AvgIpc) is 3.34. The molecule has 5 rings (SSSR count). The first kappa shape index (κ1) is 19.8. The summed E-state index contributed by atoms with van der Waals surface area (Å²) in [7, 11) is 0. The van der Waals surface area contributed by atoms with Crippen molar-refractivity contribution < 1.29 is 13.3 Å². The Hall–Kier alpha value is -3.10. The third-order valence-corrected chi connectivity index (χ3v) is 5.83. The van der Waals surface area contributed by atoms with Gasteiger partial charge in [0.05, 0.1) is 22.3 Å². The smallest absolute Gasteiger partial charge is 0.171 e. The number of fused-ring (bicyclic) bond motifs is 1. The van der Waals surface area contributed by atoms with Crippen molar-refractivity contribution in [3.05, 3.63) is 87.8 Å². The SMILES string of the molecule is Fc1cccc(-c2nc3ccn(Cc4onc(-c5ccc(Cl)cc5)c4Br)cc-3n2)c1F. The van der Waals surface area contributed by atoms with Crippen LogP contribution >= 0.6 is 27.5 Å². The molecule has 0 bridgehead atoms. The van der Waals surface area contributed by atoms with Gasteiger partial charge < -0.3 is 9.09 Å². The number of aromatic nitrogens is 4. The summed E-state index contributed by atoms with van der Waals surface area (Å²) in [6.07, 6.45) is 3.57. The second kappa shape index (κ2) is 7.86. The van der Waals surface area contributed by atoms with Crippen molar-refractivity contribution in [2.75, 3.05) is 0 Å². The van der Waals surface area contributed by atoms with E-state index in [9.17, 15) is 8.78 Å². The zero-order valence-corrected chi connectivity index (χ0v) is 18.0. The van der Waals surface area contributed by atoms with E-state index in [2.05, 4.69) is 31.1 Å². The number of benzene rings is 2. The third-order valence-electron chi connectivity index (χ3n) is 4.76. The minimum Gasteiger partial charge on any atom is -0.358 e. The van der Waals surface area contributed by atoms with Crippen LogP contribution in [0.15, 0.2) is 69.9 Å². The van der Waals surface area contributed by atoms with E-state index < -0.39 is 11.6 Å². The maximum atomic E-state index is 14.1. The van der Waals surface area contributed by atoms with Crippen LogP contribution in [0, 0.1) is 11.6 Å². The lowest BCUT2D eigenvalue weighted by Gasteiger charge is -2.05. The molecule has 9 heteroatoms. The van der Waals surface area contributed by atoms with Gasteiger partial charge in [-0.05, 0) is 46.3 Å². The minimum atomic E-state index is -0.967. The summed E-state index contributed by atoms with van der Waals surface area (Å²) in [6.45, 7) is 0.383. The lowest BCUT2D eigenvalue weighted by Crippen LogP contribution is -2.00. The van der Waals surface area contributed by atoms with Gasteiger partial charge in [-0.15, -0.1) is 0 Å². The van der Waals surface area contributed by atoms with Crippen LogP contribution in [0.4, 0.5) is 8.78 Å². The quantitative estimate of drug-likeness (QED) is 0.284.